The van der Waals surface area contributed by atoms with Crippen LogP contribution in [0.25, 0.3) is 0 Å². The summed E-state index contributed by atoms with van der Waals surface area (Å²) in [6.07, 6.45) is 2.57. The predicted molar refractivity (Wildman–Crippen MR) is 116 cm³/mol. The molecule has 7 heteroatoms. The Bertz CT molecular complexity index is 965. The van der Waals surface area contributed by atoms with Crippen LogP contribution in [0, 0.1) is 13.8 Å². The minimum atomic E-state index is -0.103. The van der Waals surface area contributed by atoms with E-state index in [0.717, 1.165) is 23.2 Å². The summed E-state index contributed by atoms with van der Waals surface area (Å²) in [5.41, 5.74) is 3.47. The van der Waals surface area contributed by atoms with Gasteiger partial charge in [0.05, 0.1) is 15.7 Å². The van der Waals surface area contributed by atoms with E-state index < -0.39 is 0 Å². The summed E-state index contributed by atoms with van der Waals surface area (Å²) in [5, 5.41) is 8.45. The summed E-state index contributed by atoms with van der Waals surface area (Å²) in [5.74, 6) is 0.552. The van der Waals surface area contributed by atoms with Crippen molar-refractivity contribution in [2.75, 3.05) is 6.54 Å². The molecule has 1 heterocycles. The molecule has 0 aliphatic carbocycles. The first kappa shape index (κ1) is 21.2. The van der Waals surface area contributed by atoms with Crippen LogP contribution >= 0.6 is 23.2 Å². The minimum Gasteiger partial charge on any atom is -0.487 e. The molecule has 1 amide bonds. The fourth-order valence-corrected chi connectivity index (χ4v) is 3.11. The van der Waals surface area contributed by atoms with E-state index in [9.17, 15) is 4.79 Å². The van der Waals surface area contributed by atoms with Crippen LogP contribution in [0.1, 0.15) is 33.6 Å². The summed E-state index contributed by atoms with van der Waals surface area (Å²) < 4.78 is 7.58. The van der Waals surface area contributed by atoms with Crippen LogP contribution in [0.2, 0.25) is 10.0 Å². The molecule has 152 valence electrons. The molecule has 0 aliphatic heterocycles. The molecule has 3 rings (SSSR count). The number of halogens is 2. The molecule has 1 aromatic heterocycles. The lowest BCUT2D eigenvalue weighted by atomic mass is 10.1. The van der Waals surface area contributed by atoms with Crippen LogP contribution in [0.4, 0.5) is 0 Å². The van der Waals surface area contributed by atoms with Gasteiger partial charge in [0.2, 0.25) is 0 Å². The molecule has 0 aliphatic rings. The van der Waals surface area contributed by atoms with E-state index in [2.05, 4.69) is 10.4 Å². The van der Waals surface area contributed by atoms with Crippen LogP contribution in [-0.4, -0.2) is 22.2 Å². The molecule has 0 saturated heterocycles. The Kier molecular flexibility index (Phi) is 7.18. The van der Waals surface area contributed by atoms with Gasteiger partial charge in [0, 0.05) is 24.8 Å². The normalized spacial score (nSPS) is 10.8. The lowest BCUT2D eigenvalue weighted by Gasteiger charge is -2.10. The number of carbonyl (C=O) groups is 1. The zero-order chi connectivity index (χ0) is 20.8. The maximum atomic E-state index is 12.3. The maximum Gasteiger partial charge on any atom is 0.251 e. The zero-order valence-corrected chi connectivity index (χ0v) is 17.9. The van der Waals surface area contributed by atoms with Gasteiger partial charge in [0.1, 0.15) is 12.4 Å². The average molecular weight is 432 g/mol. The molecular formula is C22H23Cl2N3O2. The van der Waals surface area contributed by atoms with Crippen LogP contribution in [0.3, 0.4) is 0 Å². The first-order valence-corrected chi connectivity index (χ1v) is 10.1. The van der Waals surface area contributed by atoms with Gasteiger partial charge >= 0.3 is 0 Å². The van der Waals surface area contributed by atoms with E-state index in [1.165, 1.54) is 0 Å². The Morgan fingerprint density at radius 2 is 1.86 bits per heavy atom. The van der Waals surface area contributed by atoms with Gasteiger partial charge in [0.25, 0.3) is 5.91 Å². The van der Waals surface area contributed by atoms with Crippen molar-refractivity contribution in [1.82, 2.24) is 15.1 Å². The minimum absolute atomic E-state index is 0.103. The number of ether oxygens (including phenoxy) is 1. The van der Waals surface area contributed by atoms with Gasteiger partial charge in [-0.1, -0.05) is 41.4 Å². The van der Waals surface area contributed by atoms with Gasteiger partial charge in [-0.3, -0.25) is 9.48 Å². The van der Waals surface area contributed by atoms with E-state index in [1.807, 2.05) is 44.2 Å². The van der Waals surface area contributed by atoms with Crippen molar-refractivity contribution in [3.63, 3.8) is 0 Å². The van der Waals surface area contributed by atoms with Crippen molar-refractivity contribution < 1.29 is 9.53 Å². The Labute approximate surface area is 180 Å². The number of aryl methyl sites for hydroxylation is 3. The maximum absolute atomic E-state index is 12.3. The quantitative estimate of drug-likeness (QED) is 0.498. The van der Waals surface area contributed by atoms with Crippen molar-refractivity contribution in [3.8, 4) is 5.75 Å². The molecule has 0 atom stereocenters. The van der Waals surface area contributed by atoms with E-state index in [4.69, 9.17) is 27.9 Å². The second kappa shape index (κ2) is 9.81. The Balaban J connectivity index is 1.45. The number of nitrogens with zero attached hydrogens (tertiary/aromatic N) is 2. The standard InChI is InChI=1S/C22H23Cl2N3O2/c1-15-4-9-19(23)21(12-15)29-14-17-5-7-18(8-6-17)22(28)25-10-3-11-27-13-20(24)16(2)26-27/h4-9,12-13H,3,10-11,14H2,1-2H3,(H,25,28). The first-order chi connectivity index (χ1) is 13.9. The van der Waals surface area contributed by atoms with Gasteiger partial charge in [-0.05, 0) is 55.7 Å². The van der Waals surface area contributed by atoms with Crippen molar-refractivity contribution in [1.29, 1.82) is 0 Å². The molecule has 0 unspecified atom stereocenters. The summed E-state index contributed by atoms with van der Waals surface area (Å²) in [4.78, 5) is 12.3. The second-order valence-corrected chi connectivity index (χ2v) is 7.67. The third-order valence-corrected chi connectivity index (χ3v) is 5.12. The van der Waals surface area contributed by atoms with Crippen molar-refractivity contribution in [3.05, 3.63) is 81.1 Å². The van der Waals surface area contributed by atoms with Gasteiger partial charge < -0.3 is 10.1 Å². The van der Waals surface area contributed by atoms with Crippen LogP contribution < -0.4 is 10.1 Å². The largest absolute Gasteiger partial charge is 0.487 e. The highest BCUT2D eigenvalue weighted by Gasteiger charge is 2.07. The number of benzene rings is 2. The number of amides is 1. The predicted octanol–water partition coefficient (Wildman–Crippen LogP) is 5.21. The van der Waals surface area contributed by atoms with E-state index in [-0.39, 0.29) is 5.91 Å². The molecule has 0 bridgehead atoms. The molecule has 0 spiro atoms. The van der Waals surface area contributed by atoms with Gasteiger partial charge in [-0.2, -0.15) is 5.10 Å². The third kappa shape index (κ3) is 5.99. The van der Waals surface area contributed by atoms with Crippen molar-refractivity contribution in [2.45, 2.75) is 33.4 Å². The third-order valence-electron chi connectivity index (χ3n) is 4.43. The van der Waals surface area contributed by atoms with E-state index in [1.54, 1.807) is 23.0 Å². The topological polar surface area (TPSA) is 56.1 Å². The van der Waals surface area contributed by atoms with Crippen LogP contribution in [0.15, 0.2) is 48.7 Å². The Morgan fingerprint density at radius 3 is 2.55 bits per heavy atom. The SMILES string of the molecule is Cc1ccc(Cl)c(OCc2ccc(C(=O)NCCCn3cc(Cl)c(C)n3)cc2)c1. The molecular weight excluding hydrogens is 409 g/mol. The molecule has 3 aromatic rings. The number of hydrogen-bond acceptors (Lipinski definition) is 3. The number of aromatic nitrogens is 2. The highest BCUT2D eigenvalue weighted by molar-refractivity contribution is 6.32. The highest BCUT2D eigenvalue weighted by atomic mass is 35.5. The zero-order valence-electron chi connectivity index (χ0n) is 16.4. The summed E-state index contributed by atoms with van der Waals surface area (Å²) in [7, 11) is 0. The van der Waals surface area contributed by atoms with Crippen molar-refractivity contribution in [2.24, 2.45) is 0 Å². The lowest BCUT2D eigenvalue weighted by molar-refractivity contribution is 0.0952. The second-order valence-electron chi connectivity index (χ2n) is 6.85. The first-order valence-electron chi connectivity index (χ1n) is 9.38. The van der Waals surface area contributed by atoms with Gasteiger partial charge in [-0.25, -0.2) is 0 Å². The highest BCUT2D eigenvalue weighted by Crippen LogP contribution is 2.26. The molecule has 0 saturated carbocycles. The summed E-state index contributed by atoms with van der Waals surface area (Å²) >= 11 is 12.1. The molecule has 0 fully saturated rings. The lowest BCUT2D eigenvalue weighted by Crippen LogP contribution is -2.25. The Morgan fingerprint density at radius 1 is 1.10 bits per heavy atom. The molecule has 1 N–H and O–H groups in total. The molecule has 0 radical (unpaired) electrons. The molecule has 29 heavy (non-hydrogen) atoms. The fourth-order valence-electron chi connectivity index (χ4n) is 2.79. The molecule has 2 aromatic carbocycles. The van der Waals surface area contributed by atoms with Crippen LogP contribution in [-0.2, 0) is 13.2 Å². The molecule has 5 nitrogen and oxygen atoms in total. The number of carbonyl (C=O) groups excluding carboxylic acids is 1. The van der Waals surface area contributed by atoms with Crippen LogP contribution in [0.5, 0.6) is 5.75 Å². The smallest absolute Gasteiger partial charge is 0.251 e. The number of hydrogen-bond donors (Lipinski definition) is 1. The number of rotatable bonds is 8. The monoisotopic (exact) mass is 431 g/mol. The summed E-state index contributed by atoms with van der Waals surface area (Å²) in [6.45, 7) is 5.50. The van der Waals surface area contributed by atoms with Gasteiger partial charge in [-0.15, -0.1) is 0 Å². The van der Waals surface area contributed by atoms with Crippen molar-refractivity contribution >= 4 is 29.1 Å². The fraction of sp³-hybridized carbons (Fsp3) is 0.273. The van der Waals surface area contributed by atoms with E-state index >= 15 is 0 Å². The van der Waals surface area contributed by atoms with Gasteiger partial charge in [0.15, 0.2) is 0 Å². The number of nitrogens with one attached hydrogen (secondary N) is 1. The summed E-state index contributed by atoms with van der Waals surface area (Å²) in [6, 6.07) is 13.0. The average Bonchev–Trinajstić information content (AvgIpc) is 3.03. The van der Waals surface area contributed by atoms with E-state index in [0.29, 0.717) is 41.1 Å². The Hall–Kier alpha value is -2.50.